The van der Waals surface area contributed by atoms with Gasteiger partial charge in [0, 0.05) is 61.0 Å². The van der Waals surface area contributed by atoms with Crippen LogP contribution >= 0.6 is 11.8 Å². The van der Waals surface area contributed by atoms with Gasteiger partial charge in [-0.1, -0.05) is 229 Å². The first-order chi connectivity index (χ1) is 40.0. The molecule has 0 fully saturated rings. The summed E-state index contributed by atoms with van der Waals surface area (Å²) in [5.74, 6) is 0. The van der Waals surface area contributed by atoms with E-state index < -0.39 is 0 Å². The molecule has 12 aromatic carbocycles. The molecule has 4 heterocycles. The Labute approximate surface area is 486 Å². The Morgan fingerprint density at radius 3 is 1.18 bits per heavy atom. The Balaban J connectivity index is 0.903. The molecule has 0 unspecified atom stereocenters. The summed E-state index contributed by atoms with van der Waals surface area (Å²) in [5, 5.41) is 5.05. The van der Waals surface area contributed by atoms with Crippen LogP contribution in [0.1, 0.15) is 52.7 Å². The second-order valence-electron chi connectivity index (χ2n) is 24.8. The highest BCUT2D eigenvalue weighted by Gasteiger charge is 2.47. The molecule has 0 saturated heterocycles. The minimum Gasteiger partial charge on any atom is -0.311 e. The largest absolute Gasteiger partial charge is 0.311 e. The third-order valence-electron chi connectivity index (χ3n) is 17.9. The number of hydrogen-bond donors (Lipinski definition) is 0. The average molecular weight is 1070 g/mol. The number of benzene rings is 12. The summed E-state index contributed by atoms with van der Waals surface area (Å²) in [6, 6.07) is 94.1. The SMILES string of the molecule is CC(C)(C)c1cc2c3c(c1)N(c1ccc(-c4c5ccccc5c(-c5ccccc5)c5ccccc45)cc1)c1ccccc1B3c1cc3c(cc1S2)N(c1ccccc1)c1cc(C(C)(C)C)cc2c1B3c1ccccc1N2c1ccccc1. The Hall–Kier alpha value is -8.96. The molecule has 0 aromatic heterocycles. The van der Waals surface area contributed by atoms with Crippen LogP contribution in [0.5, 0.6) is 0 Å². The summed E-state index contributed by atoms with van der Waals surface area (Å²) in [6.45, 7) is 14.1. The Morgan fingerprint density at radius 1 is 0.293 bits per heavy atom. The van der Waals surface area contributed by atoms with Crippen molar-refractivity contribution in [1.82, 2.24) is 0 Å². The van der Waals surface area contributed by atoms with E-state index in [0.29, 0.717) is 0 Å². The fraction of sp³-hybridized carbons (Fsp3) is 0.105. The van der Waals surface area contributed by atoms with Crippen LogP contribution in [0.15, 0.2) is 259 Å². The first-order valence-electron chi connectivity index (χ1n) is 29.0. The van der Waals surface area contributed by atoms with E-state index in [0.717, 1.165) is 17.1 Å². The number of rotatable bonds is 5. The summed E-state index contributed by atoms with van der Waals surface area (Å²) < 4.78 is 0. The average Bonchev–Trinajstić information content (AvgIpc) is 1.89. The zero-order chi connectivity index (χ0) is 55.2. The van der Waals surface area contributed by atoms with Crippen LogP contribution in [-0.2, 0) is 10.8 Å². The van der Waals surface area contributed by atoms with Crippen LogP contribution in [0.3, 0.4) is 0 Å². The molecule has 0 atom stereocenters. The lowest BCUT2D eigenvalue weighted by Gasteiger charge is -2.46. The van der Waals surface area contributed by atoms with Crippen LogP contribution in [-0.4, -0.2) is 13.4 Å². The molecular formula is C76H59B2N3S. The fourth-order valence-electron chi connectivity index (χ4n) is 14.1. The van der Waals surface area contributed by atoms with Crippen LogP contribution in [0.25, 0.3) is 43.8 Å². The molecule has 4 aliphatic rings. The van der Waals surface area contributed by atoms with Crippen molar-refractivity contribution >= 4 is 131 Å². The maximum atomic E-state index is 2.64. The van der Waals surface area contributed by atoms with Crippen molar-refractivity contribution in [3.63, 3.8) is 0 Å². The number of para-hydroxylation sites is 4. The highest BCUT2D eigenvalue weighted by molar-refractivity contribution is 8.00. The highest BCUT2D eigenvalue weighted by atomic mass is 32.2. The van der Waals surface area contributed by atoms with E-state index in [1.54, 1.807) is 0 Å². The number of hydrogen-bond acceptors (Lipinski definition) is 4. The second kappa shape index (κ2) is 18.3. The third kappa shape index (κ3) is 7.40. The van der Waals surface area contributed by atoms with Gasteiger partial charge in [-0.15, -0.1) is 0 Å². The first-order valence-corrected chi connectivity index (χ1v) is 29.8. The van der Waals surface area contributed by atoms with E-state index in [-0.39, 0.29) is 24.3 Å². The van der Waals surface area contributed by atoms with Crippen molar-refractivity contribution in [2.24, 2.45) is 0 Å². The molecule has 3 nitrogen and oxygen atoms in total. The lowest BCUT2D eigenvalue weighted by molar-refractivity contribution is 0.589. The van der Waals surface area contributed by atoms with Gasteiger partial charge in [0.15, 0.2) is 0 Å². The van der Waals surface area contributed by atoms with Crippen LogP contribution in [0, 0.1) is 0 Å². The monoisotopic (exact) mass is 1070 g/mol. The molecule has 0 bridgehead atoms. The molecular weight excluding hydrogens is 1010 g/mol. The second-order valence-corrected chi connectivity index (χ2v) is 25.9. The van der Waals surface area contributed by atoms with Gasteiger partial charge in [-0.25, -0.2) is 0 Å². The van der Waals surface area contributed by atoms with Crippen molar-refractivity contribution in [2.45, 2.75) is 62.2 Å². The summed E-state index contributed by atoms with van der Waals surface area (Å²) >= 11 is 1.96. The van der Waals surface area contributed by atoms with E-state index in [4.69, 9.17) is 0 Å². The molecule has 16 rings (SSSR count). The van der Waals surface area contributed by atoms with Crippen molar-refractivity contribution in [2.75, 3.05) is 14.7 Å². The molecule has 0 aliphatic carbocycles. The normalized spacial score (nSPS) is 13.8. The van der Waals surface area contributed by atoms with Crippen molar-refractivity contribution in [1.29, 1.82) is 0 Å². The molecule has 390 valence electrons. The molecule has 0 spiro atoms. The summed E-state index contributed by atoms with van der Waals surface area (Å²) in [5.41, 5.74) is 26.4. The van der Waals surface area contributed by atoms with Gasteiger partial charge in [0.05, 0.1) is 0 Å². The van der Waals surface area contributed by atoms with Gasteiger partial charge in [-0.05, 0) is 172 Å². The molecule has 82 heavy (non-hydrogen) atoms. The van der Waals surface area contributed by atoms with Crippen molar-refractivity contribution < 1.29 is 0 Å². The molecule has 0 saturated carbocycles. The molecule has 6 heteroatoms. The fourth-order valence-corrected chi connectivity index (χ4v) is 15.3. The number of nitrogens with zero attached hydrogens (tertiary/aromatic N) is 3. The quantitative estimate of drug-likeness (QED) is 0.125. The van der Waals surface area contributed by atoms with Crippen LogP contribution in [0.4, 0.5) is 51.2 Å². The summed E-state index contributed by atoms with van der Waals surface area (Å²) in [7, 11) is 0. The maximum Gasteiger partial charge on any atom is 0.252 e. The molecule has 0 radical (unpaired) electrons. The van der Waals surface area contributed by atoms with E-state index in [2.05, 4.69) is 305 Å². The first kappa shape index (κ1) is 48.9. The van der Waals surface area contributed by atoms with Gasteiger partial charge < -0.3 is 14.7 Å². The predicted molar refractivity (Wildman–Crippen MR) is 354 cm³/mol. The molecule has 4 aliphatic heterocycles. The third-order valence-corrected chi connectivity index (χ3v) is 19.1. The number of anilines is 9. The summed E-state index contributed by atoms with van der Waals surface area (Å²) in [6.07, 6.45) is 0. The van der Waals surface area contributed by atoms with Crippen LogP contribution < -0.4 is 47.5 Å². The molecule has 0 amide bonds. The summed E-state index contributed by atoms with van der Waals surface area (Å²) in [4.78, 5) is 10.3. The maximum absolute atomic E-state index is 2.64. The molecule has 0 N–H and O–H groups in total. The zero-order valence-corrected chi connectivity index (χ0v) is 47.9. The topological polar surface area (TPSA) is 9.72 Å². The van der Waals surface area contributed by atoms with Gasteiger partial charge in [-0.2, -0.15) is 0 Å². The molecule has 12 aromatic rings. The van der Waals surface area contributed by atoms with E-state index >= 15 is 0 Å². The van der Waals surface area contributed by atoms with Gasteiger partial charge >= 0.3 is 0 Å². The number of fused-ring (bicyclic) bond motifs is 10. The van der Waals surface area contributed by atoms with Crippen LogP contribution in [0.2, 0.25) is 0 Å². The highest BCUT2D eigenvalue weighted by Crippen LogP contribution is 2.50. The standard InChI is InChI=1S/C76H59B2N3S/c1-75(2,3)50-42-66-73-67(43-50)81(53-28-14-9-15-29-53)65-47-69-62(46-61(65)77(73)59-34-20-22-36-63(59)79(66)52-26-12-8-13-27-52)78-60-35-21-23-37-64(60)80(68-44-51(76(4,5)6)45-70(82-69)74(68)78)54-40-38-49(39-41-54)72-57-32-18-16-30-55(57)71(48-24-10-7-11-25-48)56-31-17-19-33-58(56)72/h7-47H,1-6H3. The Bertz CT molecular complexity index is 4530. The Kier molecular flexibility index (Phi) is 10.9. The van der Waals surface area contributed by atoms with Crippen molar-refractivity contribution in [3.05, 3.63) is 260 Å². The van der Waals surface area contributed by atoms with Gasteiger partial charge in [-0.3, -0.25) is 0 Å². The van der Waals surface area contributed by atoms with Gasteiger partial charge in [0.2, 0.25) is 6.71 Å². The van der Waals surface area contributed by atoms with E-state index in [9.17, 15) is 0 Å². The lowest BCUT2D eigenvalue weighted by atomic mass is 9.31. The minimum absolute atomic E-state index is 0.00195. The van der Waals surface area contributed by atoms with Gasteiger partial charge in [0.1, 0.15) is 0 Å². The Morgan fingerprint density at radius 2 is 0.683 bits per heavy atom. The van der Waals surface area contributed by atoms with Crippen molar-refractivity contribution in [3.8, 4) is 22.3 Å². The van der Waals surface area contributed by atoms with Gasteiger partial charge in [0.25, 0.3) is 6.71 Å². The minimum atomic E-state index is -0.107. The predicted octanol–water partition coefficient (Wildman–Crippen LogP) is 16.8. The smallest absolute Gasteiger partial charge is 0.252 e. The van der Waals surface area contributed by atoms with E-state index in [1.807, 2.05) is 11.8 Å². The lowest BCUT2D eigenvalue weighted by Crippen LogP contribution is -2.64. The zero-order valence-electron chi connectivity index (χ0n) is 47.1. The van der Waals surface area contributed by atoms with E-state index in [1.165, 1.54) is 132 Å².